The first-order chi connectivity index (χ1) is 8.97. The standard InChI is InChI=1S/C15H20O4/c1-5-14(16)18-11-7-8-13(19-15(17)6-2)12(9-11)10(3)4/h7-10H,5-6H2,1-4H3. The van der Waals surface area contributed by atoms with Crippen molar-refractivity contribution < 1.29 is 19.1 Å². The molecular weight excluding hydrogens is 244 g/mol. The van der Waals surface area contributed by atoms with Crippen LogP contribution in [0.15, 0.2) is 18.2 Å². The van der Waals surface area contributed by atoms with Gasteiger partial charge >= 0.3 is 11.9 Å². The van der Waals surface area contributed by atoms with Crippen LogP contribution in [0.2, 0.25) is 0 Å². The van der Waals surface area contributed by atoms with E-state index in [0.717, 1.165) is 5.56 Å². The molecule has 0 aliphatic heterocycles. The first kappa shape index (κ1) is 15.2. The Bertz CT molecular complexity index is 463. The lowest BCUT2D eigenvalue weighted by Gasteiger charge is -2.14. The molecule has 104 valence electrons. The first-order valence-corrected chi connectivity index (χ1v) is 6.53. The maximum absolute atomic E-state index is 11.4. The van der Waals surface area contributed by atoms with Crippen molar-refractivity contribution in [1.29, 1.82) is 0 Å². The fourth-order valence-electron chi connectivity index (χ4n) is 1.53. The summed E-state index contributed by atoms with van der Waals surface area (Å²) >= 11 is 0. The lowest BCUT2D eigenvalue weighted by Crippen LogP contribution is -2.09. The largest absolute Gasteiger partial charge is 0.427 e. The summed E-state index contributed by atoms with van der Waals surface area (Å²) in [6.45, 7) is 7.46. The van der Waals surface area contributed by atoms with Gasteiger partial charge in [-0.2, -0.15) is 0 Å². The van der Waals surface area contributed by atoms with Crippen LogP contribution < -0.4 is 9.47 Å². The second-order valence-corrected chi connectivity index (χ2v) is 4.51. The van der Waals surface area contributed by atoms with Gasteiger partial charge in [0.05, 0.1) is 0 Å². The molecule has 0 fully saturated rings. The molecule has 0 aliphatic rings. The van der Waals surface area contributed by atoms with Gasteiger partial charge in [0.1, 0.15) is 11.5 Å². The van der Waals surface area contributed by atoms with E-state index < -0.39 is 0 Å². The van der Waals surface area contributed by atoms with Gasteiger partial charge in [-0.1, -0.05) is 27.7 Å². The molecule has 4 heteroatoms. The van der Waals surface area contributed by atoms with E-state index in [1.807, 2.05) is 13.8 Å². The quantitative estimate of drug-likeness (QED) is 0.604. The summed E-state index contributed by atoms with van der Waals surface area (Å²) in [6, 6.07) is 5.05. The van der Waals surface area contributed by atoms with Crippen LogP contribution in [-0.2, 0) is 9.59 Å². The van der Waals surface area contributed by atoms with Crippen molar-refractivity contribution in [3.05, 3.63) is 23.8 Å². The number of carbonyl (C=O) groups excluding carboxylic acids is 2. The Morgan fingerprint density at radius 1 is 1.05 bits per heavy atom. The fourth-order valence-corrected chi connectivity index (χ4v) is 1.53. The zero-order valence-corrected chi connectivity index (χ0v) is 11.9. The van der Waals surface area contributed by atoms with Crippen molar-refractivity contribution in [3.63, 3.8) is 0 Å². The summed E-state index contributed by atoms with van der Waals surface area (Å²) in [6.07, 6.45) is 0.647. The van der Waals surface area contributed by atoms with Crippen LogP contribution in [0.1, 0.15) is 52.0 Å². The van der Waals surface area contributed by atoms with Gasteiger partial charge < -0.3 is 9.47 Å². The van der Waals surface area contributed by atoms with Crippen LogP contribution in [0.4, 0.5) is 0 Å². The van der Waals surface area contributed by atoms with Gasteiger partial charge in [-0.3, -0.25) is 9.59 Å². The Morgan fingerprint density at radius 2 is 1.63 bits per heavy atom. The van der Waals surface area contributed by atoms with Gasteiger partial charge in [-0.25, -0.2) is 0 Å². The third-order valence-corrected chi connectivity index (χ3v) is 2.64. The van der Waals surface area contributed by atoms with E-state index in [0.29, 0.717) is 24.3 Å². The van der Waals surface area contributed by atoms with E-state index in [1.165, 1.54) is 0 Å². The molecule has 0 saturated carbocycles. The number of esters is 2. The Kier molecular flexibility index (Phi) is 5.55. The number of hydrogen-bond acceptors (Lipinski definition) is 4. The molecule has 1 rings (SSSR count). The molecule has 0 aromatic heterocycles. The minimum absolute atomic E-state index is 0.167. The second-order valence-electron chi connectivity index (χ2n) is 4.51. The average Bonchev–Trinajstić information content (AvgIpc) is 2.39. The van der Waals surface area contributed by atoms with Gasteiger partial charge in [0.15, 0.2) is 0 Å². The van der Waals surface area contributed by atoms with Crippen molar-refractivity contribution in [2.75, 3.05) is 0 Å². The molecule has 19 heavy (non-hydrogen) atoms. The van der Waals surface area contributed by atoms with Crippen molar-refractivity contribution in [1.82, 2.24) is 0 Å². The summed E-state index contributed by atoms with van der Waals surface area (Å²) in [4.78, 5) is 22.6. The predicted molar refractivity (Wildman–Crippen MR) is 72.4 cm³/mol. The molecule has 0 heterocycles. The molecule has 0 aliphatic carbocycles. The number of carbonyl (C=O) groups is 2. The highest BCUT2D eigenvalue weighted by Crippen LogP contribution is 2.30. The van der Waals surface area contributed by atoms with Gasteiger partial charge in [0.2, 0.25) is 0 Å². The molecule has 0 saturated heterocycles. The lowest BCUT2D eigenvalue weighted by molar-refractivity contribution is -0.135. The summed E-state index contributed by atoms with van der Waals surface area (Å²) in [5.41, 5.74) is 0.850. The SMILES string of the molecule is CCC(=O)Oc1ccc(OC(=O)CC)c(C(C)C)c1. The monoisotopic (exact) mass is 264 g/mol. The van der Waals surface area contributed by atoms with Gasteiger partial charge in [0.25, 0.3) is 0 Å². The number of ether oxygens (including phenoxy) is 2. The van der Waals surface area contributed by atoms with E-state index in [4.69, 9.17) is 9.47 Å². The third kappa shape index (κ3) is 4.39. The van der Waals surface area contributed by atoms with Gasteiger partial charge in [-0.05, 0) is 24.1 Å². The maximum atomic E-state index is 11.4. The van der Waals surface area contributed by atoms with Crippen molar-refractivity contribution in [2.45, 2.75) is 46.5 Å². The number of hydrogen-bond donors (Lipinski definition) is 0. The minimum atomic E-state index is -0.284. The molecule has 0 N–H and O–H groups in total. The zero-order valence-electron chi connectivity index (χ0n) is 11.9. The van der Waals surface area contributed by atoms with Crippen LogP contribution in [0.3, 0.4) is 0 Å². The number of benzene rings is 1. The summed E-state index contributed by atoms with van der Waals surface area (Å²) in [5.74, 6) is 0.609. The molecule has 4 nitrogen and oxygen atoms in total. The van der Waals surface area contributed by atoms with Gasteiger partial charge in [-0.15, -0.1) is 0 Å². The normalized spacial score (nSPS) is 10.4. The molecule has 0 bridgehead atoms. The van der Waals surface area contributed by atoms with Crippen LogP contribution >= 0.6 is 0 Å². The Morgan fingerprint density at radius 3 is 2.16 bits per heavy atom. The molecule has 1 aromatic rings. The third-order valence-electron chi connectivity index (χ3n) is 2.64. The van der Waals surface area contributed by atoms with Crippen LogP contribution in [0.25, 0.3) is 0 Å². The average molecular weight is 264 g/mol. The summed E-state index contributed by atoms with van der Waals surface area (Å²) in [5, 5.41) is 0. The zero-order chi connectivity index (χ0) is 14.4. The van der Waals surface area contributed by atoms with Crippen molar-refractivity contribution >= 4 is 11.9 Å². The first-order valence-electron chi connectivity index (χ1n) is 6.53. The van der Waals surface area contributed by atoms with Crippen LogP contribution in [0.5, 0.6) is 11.5 Å². The van der Waals surface area contributed by atoms with E-state index in [1.54, 1.807) is 32.0 Å². The molecule has 1 aromatic carbocycles. The highest BCUT2D eigenvalue weighted by molar-refractivity contribution is 5.73. The lowest BCUT2D eigenvalue weighted by atomic mass is 10.0. The Balaban J connectivity index is 3.00. The fraction of sp³-hybridized carbons (Fsp3) is 0.467. The topological polar surface area (TPSA) is 52.6 Å². The smallest absolute Gasteiger partial charge is 0.310 e. The van der Waals surface area contributed by atoms with Gasteiger partial charge in [0, 0.05) is 18.4 Å². The van der Waals surface area contributed by atoms with Crippen LogP contribution in [0, 0.1) is 0 Å². The van der Waals surface area contributed by atoms with E-state index >= 15 is 0 Å². The van der Waals surface area contributed by atoms with E-state index in [2.05, 4.69) is 0 Å². The summed E-state index contributed by atoms with van der Waals surface area (Å²) in [7, 11) is 0. The second kappa shape index (κ2) is 6.92. The Labute approximate surface area is 113 Å². The highest BCUT2D eigenvalue weighted by atomic mass is 16.5. The molecule has 0 spiro atoms. The maximum Gasteiger partial charge on any atom is 0.310 e. The minimum Gasteiger partial charge on any atom is -0.427 e. The van der Waals surface area contributed by atoms with Crippen molar-refractivity contribution in [2.24, 2.45) is 0 Å². The van der Waals surface area contributed by atoms with E-state index in [9.17, 15) is 9.59 Å². The molecule has 0 unspecified atom stereocenters. The molecule has 0 atom stereocenters. The number of rotatable bonds is 5. The van der Waals surface area contributed by atoms with Crippen molar-refractivity contribution in [3.8, 4) is 11.5 Å². The molecular formula is C15H20O4. The van der Waals surface area contributed by atoms with Crippen LogP contribution in [-0.4, -0.2) is 11.9 Å². The highest BCUT2D eigenvalue weighted by Gasteiger charge is 2.13. The van der Waals surface area contributed by atoms with E-state index in [-0.39, 0.29) is 17.9 Å². The molecule has 0 radical (unpaired) electrons. The predicted octanol–water partition coefficient (Wildman–Crippen LogP) is 3.44. The summed E-state index contributed by atoms with van der Waals surface area (Å²) < 4.78 is 10.4. The molecule has 0 amide bonds. The Hall–Kier alpha value is -1.84.